The number of thiazole rings is 1. The van der Waals surface area contributed by atoms with Crippen LogP contribution >= 0.6 is 11.3 Å². The highest BCUT2D eigenvalue weighted by Gasteiger charge is 2.10. The zero-order valence-corrected chi connectivity index (χ0v) is 10.9. The highest BCUT2D eigenvalue weighted by atomic mass is 32.1. The van der Waals surface area contributed by atoms with Gasteiger partial charge in [-0.25, -0.2) is 13.8 Å². The molecule has 2 rings (SSSR count). The van der Waals surface area contributed by atoms with E-state index in [4.69, 9.17) is 5.73 Å². The van der Waals surface area contributed by atoms with Gasteiger partial charge in [0.05, 0.1) is 10.7 Å². The van der Waals surface area contributed by atoms with E-state index < -0.39 is 11.6 Å². The average molecular weight is 268 g/mol. The predicted octanol–water partition coefficient (Wildman–Crippen LogP) is 3.03. The largest absolute Gasteiger partial charge is 0.326 e. The molecule has 0 aliphatic rings. The van der Waals surface area contributed by atoms with E-state index in [-0.39, 0.29) is 0 Å². The number of nitrogens with two attached hydrogens (primary N) is 1. The van der Waals surface area contributed by atoms with Gasteiger partial charge >= 0.3 is 0 Å². The Morgan fingerprint density at radius 2 is 1.89 bits per heavy atom. The third-order valence-corrected chi connectivity index (χ3v) is 3.74. The molecule has 96 valence electrons. The molecule has 2 aromatic rings. The summed E-state index contributed by atoms with van der Waals surface area (Å²) in [6.45, 7) is 2.47. The third-order valence-electron chi connectivity index (χ3n) is 2.62. The summed E-state index contributed by atoms with van der Waals surface area (Å²) in [6, 6.07) is 3.53. The number of hydrogen-bond acceptors (Lipinski definition) is 3. The highest BCUT2D eigenvalue weighted by molar-refractivity contribution is 7.11. The molecule has 2 N–H and O–H groups in total. The Kier molecular flexibility index (Phi) is 4.04. The summed E-state index contributed by atoms with van der Waals surface area (Å²) in [7, 11) is 0. The molecule has 0 spiro atoms. The normalized spacial score (nSPS) is 10.9. The second-order valence-electron chi connectivity index (χ2n) is 3.99. The molecular weight excluding hydrogens is 254 g/mol. The molecule has 18 heavy (non-hydrogen) atoms. The molecule has 1 aromatic heterocycles. The third kappa shape index (κ3) is 2.91. The molecule has 0 saturated carbocycles. The van der Waals surface area contributed by atoms with Gasteiger partial charge in [-0.05, 0) is 24.1 Å². The van der Waals surface area contributed by atoms with Gasteiger partial charge in [0.2, 0.25) is 0 Å². The van der Waals surface area contributed by atoms with Crippen LogP contribution < -0.4 is 5.73 Å². The summed E-state index contributed by atoms with van der Waals surface area (Å²) in [5.74, 6) is -1.12. The molecule has 2 nitrogen and oxygen atoms in total. The van der Waals surface area contributed by atoms with Crippen molar-refractivity contribution in [3.63, 3.8) is 0 Å². The Morgan fingerprint density at radius 3 is 2.39 bits per heavy atom. The lowest BCUT2D eigenvalue weighted by atomic mass is 10.1. The summed E-state index contributed by atoms with van der Waals surface area (Å²) in [5, 5.41) is 0.845. The van der Waals surface area contributed by atoms with Gasteiger partial charge in [0.25, 0.3) is 0 Å². The number of benzene rings is 1. The Hall–Kier alpha value is -1.33. The first-order chi connectivity index (χ1) is 8.62. The number of aromatic nitrogens is 1. The fourth-order valence-electron chi connectivity index (χ4n) is 1.84. The van der Waals surface area contributed by atoms with Crippen molar-refractivity contribution in [3.8, 4) is 0 Å². The van der Waals surface area contributed by atoms with Gasteiger partial charge in [-0.3, -0.25) is 0 Å². The smallest absolute Gasteiger partial charge is 0.126 e. The molecule has 1 aromatic carbocycles. The molecule has 0 atom stereocenters. The van der Waals surface area contributed by atoms with Crippen molar-refractivity contribution in [1.29, 1.82) is 0 Å². The van der Waals surface area contributed by atoms with Gasteiger partial charge in [-0.2, -0.15) is 0 Å². The lowest BCUT2D eigenvalue weighted by molar-refractivity contribution is 0.580. The van der Waals surface area contributed by atoms with Crippen molar-refractivity contribution >= 4 is 11.3 Å². The quantitative estimate of drug-likeness (QED) is 0.925. The SMILES string of the molecule is CCc1nc(Cc2cc(F)cc(F)c2)sc1CN. The number of nitrogens with zero attached hydrogens (tertiary/aromatic N) is 1. The molecule has 0 unspecified atom stereocenters. The summed E-state index contributed by atoms with van der Waals surface area (Å²) in [5.41, 5.74) is 7.20. The van der Waals surface area contributed by atoms with E-state index in [0.717, 1.165) is 28.1 Å². The van der Waals surface area contributed by atoms with Gasteiger partial charge in [0.15, 0.2) is 0 Å². The topological polar surface area (TPSA) is 38.9 Å². The van der Waals surface area contributed by atoms with E-state index in [1.807, 2.05) is 6.92 Å². The monoisotopic (exact) mass is 268 g/mol. The molecule has 0 aliphatic carbocycles. The minimum atomic E-state index is -0.559. The zero-order chi connectivity index (χ0) is 13.1. The molecule has 0 radical (unpaired) electrons. The van der Waals surface area contributed by atoms with Gasteiger partial charge in [0.1, 0.15) is 11.6 Å². The van der Waals surface area contributed by atoms with Crippen LogP contribution in [0.2, 0.25) is 0 Å². The van der Waals surface area contributed by atoms with Crippen LogP contribution in [-0.4, -0.2) is 4.98 Å². The average Bonchev–Trinajstić information content (AvgIpc) is 2.69. The van der Waals surface area contributed by atoms with Crippen molar-refractivity contribution in [1.82, 2.24) is 4.98 Å². The summed E-state index contributed by atoms with van der Waals surface area (Å²) < 4.78 is 26.1. The first-order valence-corrected chi connectivity index (χ1v) is 6.56. The number of hydrogen-bond donors (Lipinski definition) is 1. The minimum absolute atomic E-state index is 0.437. The Balaban J connectivity index is 2.25. The van der Waals surface area contributed by atoms with Gasteiger partial charge in [-0.1, -0.05) is 6.92 Å². The predicted molar refractivity (Wildman–Crippen MR) is 68.5 cm³/mol. The van der Waals surface area contributed by atoms with E-state index in [0.29, 0.717) is 18.5 Å². The lowest BCUT2D eigenvalue weighted by Crippen LogP contribution is -1.97. The first kappa shape index (κ1) is 13.1. The van der Waals surface area contributed by atoms with Crippen LogP contribution in [0.5, 0.6) is 0 Å². The van der Waals surface area contributed by atoms with Crippen LogP contribution in [-0.2, 0) is 19.4 Å². The molecular formula is C13H14F2N2S. The number of aryl methyl sites for hydroxylation is 1. The van der Waals surface area contributed by atoms with Crippen LogP contribution in [0.1, 0.15) is 28.1 Å². The molecule has 0 amide bonds. The van der Waals surface area contributed by atoms with Crippen molar-refractivity contribution in [2.45, 2.75) is 26.3 Å². The van der Waals surface area contributed by atoms with Crippen molar-refractivity contribution in [2.24, 2.45) is 5.73 Å². The van der Waals surface area contributed by atoms with Crippen LogP contribution in [0.25, 0.3) is 0 Å². The maximum Gasteiger partial charge on any atom is 0.126 e. The zero-order valence-electron chi connectivity index (χ0n) is 10.0. The summed E-state index contributed by atoms with van der Waals surface area (Å²) >= 11 is 1.51. The van der Waals surface area contributed by atoms with Crippen molar-refractivity contribution in [3.05, 3.63) is 51.0 Å². The highest BCUT2D eigenvalue weighted by Crippen LogP contribution is 2.22. The van der Waals surface area contributed by atoms with Crippen LogP contribution in [0.3, 0.4) is 0 Å². The molecule has 1 heterocycles. The van der Waals surface area contributed by atoms with E-state index in [1.165, 1.54) is 23.5 Å². The van der Waals surface area contributed by atoms with Gasteiger partial charge in [0, 0.05) is 23.9 Å². The molecule has 0 saturated heterocycles. The second-order valence-corrected chi connectivity index (χ2v) is 5.16. The van der Waals surface area contributed by atoms with E-state index in [9.17, 15) is 8.78 Å². The Morgan fingerprint density at radius 1 is 1.22 bits per heavy atom. The van der Waals surface area contributed by atoms with E-state index >= 15 is 0 Å². The molecule has 0 fully saturated rings. The molecule has 0 bridgehead atoms. The van der Waals surface area contributed by atoms with Crippen LogP contribution in [0.15, 0.2) is 18.2 Å². The lowest BCUT2D eigenvalue weighted by Gasteiger charge is -1.99. The number of halogens is 2. The van der Waals surface area contributed by atoms with Crippen molar-refractivity contribution < 1.29 is 8.78 Å². The Labute approximate surface area is 108 Å². The second kappa shape index (κ2) is 5.54. The molecule has 5 heteroatoms. The Bertz CT molecular complexity index is 510. The van der Waals surface area contributed by atoms with Crippen LogP contribution in [0, 0.1) is 11.6 Å². The van der Waals surface area contributed by atoms with Crippen LogP contribution in [0.4, 0.5) is 8.78 Å². The van der Waals surface area contributed by atoms with E-state index in [2.05, 4.69) is 4.98 Å². The molecule has 0 aliphatic heterocycles. The van der Waals surface area contributed by atoms with E-state index in [1.54, 1.807) is 0 Å². The van der Waals surface area contributed by atoms with Gasteiger partial charge in [-0.15, -0.1) is 11.3 Å². The fourth-order valence-corrected chi connectivity index (χ4v) is 2.91. The standard InChI is InChI=1S/C13H14F2N2S/c1-2-11-12(7-16)18-13(17-11)5-8-3-9(14)6-10(15)4-8/h3-4,6H,2,5,7,16H2,1H3. The number of rotatable bonds is 4. The maximum atomic E-state index is 13.1. The van der Waals surface area contributed by atoms with Gasteiger partial charge < -0.3 is 5.73 Å². The first-order valence-electron chi connectivity index (χ1n) is 5.75. The fraction of sp³-hybridized carbons (Fsp3) is 0.308. The summed E-state index contributed by atoms with van der Waals surface area (Å²) in [4.78, 5) is 5.49. The van der Waals surface area contributed by atoms with Crippen molar-refractivity contribution in [2.75, 3.05) is 0 Å². The maximum absolute atomic E-state index is 13.1. The summed E-state index contributed by atoms with van der Waals surface area (Å²) in [6.07, 6.45) is 1.26. The minimum Gasteiger partial charge on any atom is -0.326 e.